The number of rotatable bonds is 10. The van der Waals surface area contributed by atoms with Gasteiger partial charge in [0.25, 0.3) is 5.91 Å². The second-order valence-electron chi connectivity index (χ2n) is 12.3. The van der Waals surface area contributed by atoms with Crippen LogP contribution in [0.25, 0.3) is 33.1 Å². The number of carbonyl (C=O) groups is 1. The Morgan fingerprint density at radius 3 is 2.31 bits per heavy atom. The maximum absolute atomic E-state index is 13.1. The van der Waals surface area contributed by atoms with E-state index in [4.69, 9.17) is 37.9 Å². The third-order valence-corrected chi connectivity index (χ3v) is 9.63. The lowest BCUT2D eigenvalue weighted by Gasteiger charge is -2.22. The van der Waals surface area contributed by atoms with E-state index in [1.807, 2.05) is 54.6 Å². The van der Waals surface area contributed by atoms with Crippen LogP contribution in [0, 0.1) is 0 Å². The molecule has 48 heavy (non-hydrogen) atoms. The average molecular weight is 727 g/mol. The Balaban J connectivity index is 0.00000225. The molecule has 3 heterocycles. The number of benzene rings is 3. The molecule has 2 N–H and O–H groups in total. The van der Waals surface area contributed by atoms with Gasteiger partial charge in [0.15, 0.2) is 0 Å². The molecule has 0 atom stereocenters. The van der Waals surface area contributed by atoms with Crippen molar-refractivity contribution in [3.05, 3.63) is 93.1 Å². The lowest BCUT2D eigenvalue weighted by molar-refractivity contribution is 0.0953. The van der Waals surface area contributed by atoms with Crippen LogP contribution in [-0.4, -0.2) is 35.6 Å². The zero-order chi connectivity index (χ0) is 31.5. The minimum absolute atomic E-state index is 0. The molecule has 0 unspecified atom stereocenters. The summed E-state index contributed by atoms with van der Waals surface area (Å²) in [5.41, 5.74) is 9.29. The van der Waals surface area contributed by atoms with Gasteiger partial charge in [0.05, 0.1) is 23.3 Å². The van der Waals surface area contributed by atoms with E-state index in [9.17, 15) is 4.79 Å². The molecule has 0 spiro atoms. The molecule has 0 fully saturated rings. The Morgan fingerprint density at radius 2 is 1.48 bits per heavy atom. The van der Waals surface area contributed by atoms with Gasteiger partial charge in [-0.1, -0.05) is 48.2 Å². The first kappa shape index (κ1) is 36.0. The minimum atomic E-state index is -0.0654. The van der Waals surface area contributed by atoms with Crippen LogP contribution in [0.5, 0.6) is 5.75 Å². The standard InChI is InChI=1S/C38H38Cl2N4O2.2ClH/c39-26-14-11-24(12-15-26)35-30-9-7-21-46-37(30)31-22-25(13-18-33(31)44-35)38(45)42-20-6-2-1-5-19-41-36-28-8-3-4-10-32(28)43-34-23-27(40)16-17-29(34)36;;/h11-18,22-23H,1-10,19-21H2,(H,41,43)(H,42,45);2*1H. The van der Waals surface area contributed by atoms with Crippen molar-refractivity contribution in [2.75, 3.05) is 25.0 Å². The first-order valence-electron chi connectivity index (χ1n) is 16.5. The number of hydrogen-bond donors (Lipinski definition) is 2. The number of nitrogens with zero attached hydrogens (tertiary/aromatic N) is 2. The summed E-state index contributed by atoms with van der Waals surface area (Å²) < 4.78 is 6.17. The molecule has 7 rings (SSSR count). The summed E-state index contributed by atoms with van der Waals surface area (Å²) in [6, 6.07) is 19.5. The maximum atomic E-state index is 13.1. The van der Waals surface area contributed by atoms with E-state index in [-0.39, 0.29) is 30.7 Å². The van der Waals surface area contributed by atoms with Crippen molar-refractivity contribution in [1.29, 1.82) is 0 Å². The first-order chi connectivity index (χ1) is 22.5. The van der Waals surface area contributed by atoms with Gasteiger partial charge in [-0.3, -0.25) is 9.78 Å². The van der Waals surface area contributed by atoms with Crippen LogP contribution in [0.4, 0.5) is 5.69 Å². The summed E-state index contributed by atoms with van der Waals surface area (Å²) in [6.45, 7) is 2.22. The van der Waals surface area contributed by atoms with E-state index in [0.29, 0.717) is 23.7 Å². The SMILES string of the molecule is Cl.Cl.O=C(NCCCCCCNc1c2c(nc3cc(Cl)ccc13)CCCC2)c1ccc2nc(-c3ccc(Cl)cc3)c3c(c2c1)OCCC3. The number of unbranched alkanes of at least 4 members (excludes halogenated alkanes) is 3. The van der Waals surface area contributed by atoms with Crippen LogP contribution < -0.4 is 15.4 Å². The highest BCUT2D eigenvalue weighted by Gasteiger charge is 2.22. The molecule has 0 radical (unpaired) electrons. The summed E-state index contributed by atoms with van der Waals surface area (Å²) >= 11 is 12.4. The number of anilines is 1. The number of pyridine rings is 2. The Hall–Kier alpha value is -3.29. The number of carbonyl (C=O) groups excluding carboxylic acids is 1. The van der Waals surface area contributed by atoms with E-state index in [1.54, 1.807) is 0 Å². The summed E-state index contributed by atoms with van der Waals surface area (Å²) in [5.74, 6) is 0.776. The topological polar surface area (TPSA) is 76.1 Å². The van der Waals surface area contributed by atoms with Gasteiger partial charge < -0.3 is 15.4 Å². The fraction of sp³-hybridized carbons (Fsp3) is 0.342. The highest BCUT2D eigenvalue weighted by Crippen LogP contribution is 2.39. The molecule has 1 aliphatic carbocycles. The summed E-state index contributed by atoms with van der Waals surface area (Å²) in [6.07, 6.45) is 10.5. The zero-order valence-corrected chi connectivity index (χ0v) is 29.9. The molecule has 0 saturated heterocycles. The van der Waals surface area contributed by atoms with Crippen molar-refractivity contribution < 1.29 is 9.53 Å². The van der Waals surface area contributed by atoms with Gasteiger partial charge in [0.2, 0.25) is 0 Å². The molecular weight excluding hydrogens is 686 g/mol. The summed E-state index contributed by atoms with van der Waals surface area (Å²) in [5, 5.41) is 10.3. The van der Waals surface area contributed by atoms with Crippen LogP contribution in [0.15, 0.2) is 60.7 Å². The molecular formula is C38H40Cl4N4O2. The van der Waals surface area contributed by atoms with E-state index in [1.165, 1.54) is 29.8 Å². The highest BCUT2D eigenvalue weighted by atomic mass is 35.5. The zero-order valence-electron chi connectivity index (χ0n) is 26.7. The predicted octanol–water partition coefficient (Wildman–Crippen LogP) is 10.2. The van der Waals surface area contributed by atoms with Crippen molar-refractivity contribution in [3.63, 3.8) is 0 Å². The summed E-state index contributed by atoms with van der Waals surface area (Å²) in [7, 11) is 0. The molecule has 1 aliphatic heterocycles. The average Bonchev–Trinajstić information content (AvgIpc) is 3.08. The van der Waals surface area contributed by atoms with Crippen molar-refractivity contribution >= 4 is 81.4 Å². The van der Waals surface area contributed by atoms with Crippen LogP contribution in [0.3, 0.4) is 0 Å². The normalized spacial score (nSPS) is 13.5. The van der Waals surface area contributed by atoms with Gasteiger partial charge >= 0.3 is 0 Å². The molecule has 2 aliphatic rings. The third-order valence-electron chi connectivity index (χ3n) is 9.15. The van der Waals surface area contributed by atoms with Gasteiger partial charge in [-0.25, -0.2) is 4.98 Å². The van der Waals surface area contributed by atoms with Gasteiger partial charge in [-0.2, -0.15) is 0 Å². The number of amides is 1. The van der Waals surface area contributed by atoms with Crippen LogP contribution >= 0.6 is 48.0 Å². The molecule has 0 saturated carbocycles. The lowest BCUT2D eigenvalue weighted by atomic mass is 9.92. The minimum Gasteiger partial charge on any atom is -0.493 e. The molecule has 0 bridgehead atoms. The largest absolute Gasteiger partial charge is 0.493 e. The smallest absolute Gasteiger partial charge is 0.251 e. The van der Waals surface area contributed by atoms with Crippen LogP contribution in [0.1, 0.15) is 72.1 Å². The molecule has 1 amide bonds. The molecule has 2 aromatic heterocycles. The maximum Gasteiger partial charge on any atom is 0.251 e. The van der Waals surface area contributed by atoms with Crippen molar-refractivity contribution in [1.82, 2.24) is 15.3 Å². The number of aromatic nitrogens is 2. The highest BCUT2D eigenvalue weighted by molar-refractivity contribution is 6.31. The monoisotopic (exact) mass is 724 g/mol. The number of fused-ring (bicyclic) bond motifs is 5. The number of ether oxygens (including phenoxy) is 1. The van der Waals surface area contributed by atoms with Gasteiger partial charge in [0, 0.05) is 62.0 Å². The number of hydrogen-bond acceptors (Lipinski definition) is 5. The predicted molar refractivity (Wildman–Crippen MR) is 203 cm³/mol. The first-order valence-corrected chi connectivity index (χ1v) is 17.3. The molecule has 3 aromatic carbocycles. The number of halogens is 4. The Labute approximate surface area is 304 Å². The van der Waals surface area contributed by atoms with Gasteiger partial charge in [0.1, 0.15) is 5.75 Å². The molecule has 10 heteroatoms. The molecule has 5 aromatic rings. The Kier molecular flexibility index (Phi) is 12.3. The molecule has 6 nitrogen and oxygen atoms in total. The fourth-order valence-electron chi connectivity index (χ4n) is 6.80. The Bertz CT molecular complexity index is 1920. The Morgan fingerprint density at radius 1 is 0.729 bits per heavy atom. The fourth-order valence-corrected chi connectivity index (χ4v) is 7.10. The number of aryl methyl sites for hydroxylation is 1. The van der Waals surface area contributed by atoms with E-state index in [2.05, 4.69) is 16.7 Å². The second-order valence-corrected chi connectivity index (χ2v) is 13.2. The number of nitrogens with one attached hydrogen (secondary N) is 2. The van der Waals surface area contributed by atoms with Crippen molar-refractivity contribution in [2.45, 2.75) is 64.2 Å². The van der Waals surface area contributed by atoms with Crippen molar-refractivity contribution in [3.8, 4) is 17.0 Å². The van der Waals surface area contributed by atoms with E-state index in [0.717, 1.165) is 107 Å². The van der Waals surface area contributed by atoms with Crippen molar-refractivity contribution in [2.24, 2.45) is 0 Å². The summed E-state index contributed by atoms with van der Waals surface area (Å²) in [4.78, 5) is 23.0. The van der Waals surface area contributed by atoms with Crippen LogP contribution in [0.2, 0.25) is 10.0 Å². The van der Waals surface area contributed by atoms with Crippen LogP contribution in [-0.2, 0) is 19.3 Å². The van der Waals surface area contributed by atoms with E-state index >= 15 is 0 Å². The lowest BCUT2D eigenvalue weighted by Crippen LogP contribution is -2.24. The molecule has 252 valence electrons. The third kappa shape index (κ3) is 7.78. The second kappa shape index (κ2) is 16.4. The van der Waals surface area contributed by atoms with E-state index < -0.39 is 0 Å². The van der Waals surface area contributed by atoms with Gasteiger partial charge in [-0.05, 0) is 105 Å². The van der Waals surface area contributed by atoms with Gasteiger partial charge in [-0.15, -0.1) is 24.8 Å². The quantitative estimate of drug-likeness (QED) is 0.140.